The first kappa shape index (κ1) is 23.4. The molecule has 2 atom stereocenters. The summed E-state index contributed by atoms with van der Waals surface area (Å²) in [5.74, 6) is -1.12. The Morgan fingerprint density at radius 2 is 1.63 bits per heavy atom. The van der Waals surface area contributed by atoms with Gasteiger partial charge in [-0.15, -0.1) is 0 Å². The number of carboxylic acids is 1. The molecule has 3 aliphatic rings. The third kappa shape index (κ3) is 4.62. The highest BCUT2D eigenvalue weighted by molar-refractivity contribution is 5.84. The van der Waals surface area contributed by atoms with Gasteiger partial charge in [0.15, 0.2) is 6.10 Å². The van der Waals surface area contributed by atoms with Gasteiger partial charge in [0.05, 0.1) is 11.5 Å². The standard InChI is InChI=1S/C27H30N2O6/c30-24(31)23-11-10-17(35-23)14-28-25(32)27(12-5-13-27)16-29-26(33)34-15-22-20-8-3-1-6-18(20)19-7-2-4-9-21(19)22/h1-4,6-9,17,22-23H,5,10-16H2,(H,28,32)(H,29,33)(H,30,31). The van der Waals surface area contributed by atoms with Crippen LogP contribution < -0.4 is 10.6 Å². The van der Waals surface area contributed by atoms with E-state index in [0.717, 1.165) is 17.5 Å². The van der Waals surface area contributed by atoms with E-state index in [1.807, 2.05) is 24.3 Å². The highest BCUT2D eigenvalue weighted by Gasteiger charge is 2.45. The molecule has 1 heterocycles. The first-order valence-corrected chi connectivity index (χ1v) is 12.2. The number of fused-ring (bicyclic) bond motifs is 3. The highest BCUT2D eigenvalue weighted by atomic mass is 16.5. The van der Waals surface area contributed by atoms with Crippen LogP contribution in [0.2, 0.25) is 0 Å². The summed E-state index contributed by atoms with van der Waals surface area (Å²) < 4.78 is 11.1. The lowest BCUT2D eigenvalue weighted by molar-refractivity contribution is -0.149. The fourth-order valence-electron chi connectivity index (χ4n) is 5.41. The Morgan fingerprint density at radius 3 is 2.20 bits per heavy atom. The molecule has 1 saturated heterocycles. The fourth-order valence-corrected chi connectivity index (χ4v) is 5.41. The molecule has 0 bridgehead atoms. The number of aliphatic carboxylic acids is 1. The molecule has 184 valence electrons. The Morgan fingerprint density at radius 1 is 0.971 bits per heavy atom. The summed E-state index contributed by atoms with van der Waals surface area (Å²) in [5.41, 5.74) is 3.98. The average Bonchev–Trinajstić information content (AvgIpc) is 3.44. The van der Waals surface area contributed by atoms with Crippen LogP contribution in [0.15, 0.2) is 48.5 Å². The third-order valence-electron chi connectivity index (χ3n) is 7.58. The third-order valence-corrected chi connectivity index (χ3v) is 7.58. The molecule has 8 nitrogen and oxygen atoms in total. The van der Waals surface area contributed by atoms with Crippen LogP contribution in [0.5, 0.6) is 0 Å². The molecule has 0 radical (unpaired) electrons. The summed E-state index contributed by atoms with van der Waals surface area (Å²) in [6.07, 6.45) is 1.71. The van der Waals surface area contributed by atoms with E-state index in [1.165, 1.54) is 11.1 Å². The predicted molar refractivity (Wildman–Crippen MR) is 128 cm³/mol. The van der Waals surface area contributed by atoms with Gasteiger partial charge in [-0.2, -0.15) is 0 Å². The summed E-state index contributed by atoms with van der Waals surface area (Å²) in [4.78, 5) is 36.5. The largest absolute Gasteiger partial charge is 0.479 e. The average molecular weight is 479 g/mol. The predicted octanol–water partition coefficient (Wildman–Crippen LogP) is 3.44. The molecule has 3 N–H and O–H groups in total. The molecule has 2 aromatic rings. The quantitative estimate of drug-likeness (QED) is 0.536. The summed E-state index contributed by atoms with van der Waals surface area (Å²) in [6, 6.07) is 16.3. The van der Waals surface area contributed by atoms with E-state index in [9.17, 15) is 14.4 Å². The minimum Gasteiger partial charge on any atom is -0.479 e. The monoisotopic (exact) mass is 478 g/mol. The summed E-state index contributed by atoms with van der Waals surface area (Å²) in [5, 5.41) is 14.7. The maximum absolute atomic E-state index is 12.9. The van der Waals surface area contributed by atoms with Crippen LogP contribution in [0.4, 0.5) is 4.79 Å². The van der Waals surface area contributed by atoms with Gasteiger partial charge < -0.3 is 25.2 Å². The van der Waals surface area contributed by atoms with Crippen LogP contribution in [0.3, 0.4) is 0 Å². The van der Waals surface area contributed by atoms with Crippen molar-refractivity contribution in [2.75, 3.05) is 19.7 Å². The fraction of sp³-hybridized carbons (Fsp3) is 0.444. The molecule has 2 amide bonds. The normalized spacial score (nSPS) is 21.9. The number of benzene rings is 2. The van der Waals surface area contributed by atoms with Gasteiger partial charge in [-0.25, -0.2) is 9.59 Å². The molecule has 35 heavy (non-hydrogen) atoms. The smallest absolute Gasteiger partial charge is 0.407 e. The van der Waals surface area contributed by atoms with Gasteiger partial charge in [0.25, 0.3) is 0 Å². The van der Waals surface area contributed by atoms with Crippen molar-refractivity contribution in [2.24, 2.45) is 5.41 Å². The molecule has 2 fully saturated rings. The number of rotatable bonds is 8. The molecule has 0 spiro atoms. The number of carboxylic acid groups (broad SMARTS) is 1. The van der Waals surface area contributed by atoms with E-state index in [1.54, 1.807) is 0 Å². The van der Waals surface area contributed by atoms with Crippen LogP contribution in [-0.4, -0.2) is 55.0 Å². The van der Waals surface area contributed by atoms with E-state index in [0.29, 0.717) is 25.7 Å². The molecule has 0 aromatic heterocycles. The lowest BCUT2D eigenvalue weighted by Gasteiger charge is -2.40. The van der Waals surface area contributed by atoms with Gasteiger partial charge >= 0.3 is 12.1 Å². The Bertz CT molecular complexity index is 1080. The van der Waals surface area contributed by atoms with Gasteiger partial charge in [0, 0.05) is 19.0 Å². The molecule has 5 rings (SSSR count). The summed E-state index contributed by atoms with van der Waals surface area (Å²) in [7, 11) is 0. The van der Waals surface area contributed by atoms with Crippen molar-refractivity contribution >= 4 is 18.0 Å². The van der Waals surface area contributed by atoms with Crippen LogP contribution in [0, 0.1) is 5.41 Å². The molecule has 2 unspecified atom stereocenters. The summed E-state index contributed by atoms with van der Waals surface area (Å²) in [6.45, 7) is 0.705. The second-order valence-electron chi connectivity index (χ2n) is 9.69. The first-order valence-electron chi connectivity index (χ1n) is 12.2. The Kier molecular flexibility index (Phi) is 6.47. The van der Waals surface area contributed by atoms with E-state index in [-0.39, 0.29) is 37.6 Å². The second kappa shape index (κ2) is 9.70. The Hall–Kier alpha value is -3.39. The number of hydrogen-bond acceptors (Lipinski definition) is 5. The van der Waals surface area contributed by atoms with E-state index in [4.69, 9.17) is 14.6 Å². The number of ether oxygens (including phenoxy) is 2. The van der Waals surface area contributed by atoms with Crippen molar-refractivity contribution in [2.45, 2.75) is 50.2 Å². The van der Waals surface area contributed by atoms with Crippen molar-refractivity contribution < 1.29 is 29.0 Å². The first-order chi connectivity index (χ1) is 17.0. The van der Waals surface area contributed by atoms with Crippen molar-refractivity contribution in [3.05, 3.63) is 59.7 Å². The van der Waals surface area contributed by atoms with Crippen molar-refractivity contribution in [3.8, 4) is 11.1 Å². The van der Waals surface area contributed by atoms with Crippen LogP contribution >= 0.6 is 0 Å². The minimum absolute atomic E-state index is 0.0184. The maximum Gasteiger partial charge on any atom is 0.407 e. The lowest BCUT2D eigenvalue weighted by Crippen LogP contribution is -2.53. The van der Waals surface area contributed by atoms with Crippen LogP contribution in [-0.2, 0) is 19.1 Å². The molecule has 1 aliphatic heterocycles. The van der Waals surface area contributed by atoms with Gasteiger partial charge in [-0.1, -0.05) is 55.0 Å². The van der Waals surface area contributed by atoms with E-state index in [2.05, 4.69) is 34.9 Å². The molecule has 2 aromatic carbocycles. The van der Waals surface area contributed by atoms with Gasteiger partial charge in [-0.05, 0) is 47.9 Å². The molecule has 8 heteroatoms. The zero-order valence-electron chi connectivity index (χ0n) is 19.5. The van der Waals surface area contributed by atoms with Crippen LogP contribution in [0.1, 0.15) is 49.1 Å². The second-order valence-corrected chi connectivity index (χ2v) is 9.69. The Labute approximate surface area is 204 Å². The molecule has 1 saturated carbocycles. The summed E-state index contributed by atoms with van der Waals surface area (Å²) >= 11 is 0. The topological polar surface area (TPSA) is 114 Å². The number of amides is 2. The van der Waals surface area contributed by atoms with E-state index < -0.39 is 23.6 Å². The zero-order chi connectivity index (χ0) is 24.4. The van der Waals surface area contributed by atoms with Gasteiger partial charge in [-0.3, -0.25) is 4.79 Å². The number of hydrogen-bond donors (Lipinski definition) is 3. The van der Waals surface area contributed by atoms with Crippen LogP contribution in [0.25, 0.3) is 11.1 Å². The van der Waals surface area contributed by atoms with Crippen molar-refractivity contribution in [1.82, 2.24) is 10.6 Å². The number of carbonyl (C=O) groups is 3. The van der Waals surface area contributed by atoms with Crippen molar-refractivity contribution in [1.29, 1.82) is 0 Å². The van der Waals surface area contributed by atoms with Crippen molar-refractivity contribution in [3.63, 3.8) is 0 Å². The zero-order valence-corrected chi connectivity index (χ0v) is 19.5. The number of nitrogens with one attached hydrogen (secondary N) is 2. The lowest BCUT2D eigenvalue weighted by atomic mass is 9.68. The SMILES string of the molecule is O=C(NCC1(C(=O)NCC2CCC(C(=O)O)O2)CCC1)OCC1c2ccccc2-c2ccccc21. The highest BCUT2D eigenvalue weighted by Crippen LogP contribution is 2.44. The molecule has 2 aliphatic carbocycles. The molecular formula is C27H30N2O6. The minimum atomic E-state index is -0.971. The Balaban J connectivity index is 1.12. The molecular weight excluding hydrogens is 448 g/mol. The maximum atomic E-state index is 12.9. The van der Waals surface area contributed by atoms with E-state index >= 15 is 0 Å². The van der Waals surface area contributed by atoms with Gasteiger partial charge in [0.1, 0.15) is 6.61 Å². The van der Waals surface area contributed by atoms with Gasteiger partial charge in [0.2, 0.25) is 5.91 Å². The number of carbonyl (C=O) groups excluding carboxylic acids is 2. The number of alkyl carbamates (subject to hydrolysis) is 1.